The van der Waals surface area contributed by atoms with Crippen molar-refractivity contribution in [3.63, 3.8) is 0 Å². The number of methoxy groups -OCH3 is 1. The van der Waals surface area contributed by atoms with E-state index in [2.05, 4.69) is 0 Å². The highest BCUT2D eigenvalue weighted by molar-refractivity contribution is 7.60. The van der Waals surface area contributed by atoms with Crippen LogP contribution in [0.1, 0.15) is 17.2 Å². The van der Waals surface area contributed by atoms with Crippen molar-refractivity contribution >= 4 is 12.9 Å². The monoisotopic (exact) mass is 278 g/mol. The first-order valence-electron chi connectivity index (χ1n) is 5.76. The van der Waals surface area contributed by atoms with Gasteiger partial charge in [-0.1, -0.05) is 42.5 Å². The molecule has 4 nitrogen and oxygen atoms in total. The summed E-state index contributed by atoms with van der Waals surface area (Å²) in [5.41, 5.74) is 1.85. The Morgan fingerprint density at radius 1 is 0.947 bits per heavy atom. The summed E-state index contributed by atoms with van der Waals surface area (Å²) in [6, 6.07) is 15.9. The van der Waals surface area contributed by atoms with E-state index in [0.717, 1.165) is 11.1 Å². The Bertz CT molecular complexity index is 574. The Morgan fingerprint density at radius 3 is 1.95 bits per heavy atom. The number of benzene rings is 2. The van der Waals surface area contributed by atoms with Crippen LogP contribution in [-0.2, 0) is 9.30 Å². The summed E-state index contributed by atoms with van der Waals surface area (Å²) in [6.07, 6.45) is -0.243. The highest BCUT2D eigenvalue weighted by atomic mass is 31.2. The smallest absolute Gasteiger partial charge is 0.356 e. The van der Waals surface area contributed by atoms with Gasteiger partial charge in [-0.15, -0.1) is 0 Å². The molecule has 2 aromatic carbocycles. The second-order valence-electron chi connectivity index (χ2n) is 4.16. The molecule has 19 heavy (non-hydrogen) atoms. The van der Waals surface area contributed by atoms with Gasteiger partial charge in [0, 0.05) is 7.11 Å². The van der Waals surface area contributed by atoms with Crippen LogP contribution in [0.25, 0.3) is 0 Å². The molecule has 2 aromatic rings. The molecule has 0 aliphatic heterocycles. The molecule has 0 aliphatic carbocycles. The molecule has 2 rings (SSSR count). The summed E-state index contributed by atoms with van der Waals surface area (Å²) in [7, 11) is -2.58. The molecule has 1 unspecified atom stereocenters. The van der Waals surface area contributed by atoms with Gasteiger partial charge in [0.05, 0.1) is 5.30 Å². The van der Waals surface area contributed by atoms with Crippen LogP contribution in [0.15, 0.2) is 54.6 Å². The minimum atomic E-state index is -4.19. The summed E-state index contributed by atoms with van der Waals surface area (Å²) in [4.78, 5) is 18.1. The molecule has 2 N–H and O–H groups in total. The molecule has 0 saturated carbocycles. The molecular formula is C14H15O4P. The number of ether oxygens (including phenoxy) is 1. The quantitative estimate of drug-likeness (QED) is 0.842. The minimum Gasteiger partial charge on any atom is -0.372 e. The summed E-state index contributed by atoms with van der Waals surface area (Å²) >= 11 is 0. The van der Waals surface area contributed by atoms with Gasteiger partial charge < -0.3 is 14.5 Å². The zero-order valence-corrected chi connectivity index (χ0v) is 11.3. The molecule has 0 spiro atoms. The van der Waals surface area contributed by atoms with E-state index in [1.54, 1.807) is 19.2 Å². The Labute approximate surface area is 111 Å². The van der Waals surface area contributed by atoms with Crippen molar-refractivity contribution in [2.45, 2.75) is 6.10 Å². The van der Waals surface area contributed by atoms with Crippen LogP contribution in [0.2, 0.25) is 0 Å². The van der Waals surface area contributed by atoms with Gasteiger partial charge in [0.1, 0.15) is 6.10 Å². The molecule has 0 amide bonds. The average Bonchev–Trinajstić information content (AvgIpc) is 2.40. The molecule has 0 heterocycles. The van der Waals surface area contributed by atoms with E-state index in [0.29, 0.717) is 0 Å². The third kappa shape index (κ3) is 3.31. The fraction of sp³-hybridized carbons (Fsp3) is 0.143. The van der Waals surface area contributed by atoms with Crippen molar-refractivity contribution in [3.05, 3.63) is 65.7 Å². The second-order valence-corrected chi connectivity index (χ2v) is 5.77. The van der Waals surface area contributed by atoms with Crippen molar-refractivity contribution in [3.8, 4) is 0 Å². The van der Waals surface area contributed by atoms with Gasteiger partial charge in [0.15, 0.2) is 0 Å². The molecule has 0 saturated heterocycles. The van der Waals surface area contributed by atoms with Crippen LogP contribution in [0.4, 0.5) is 0 Å². The van der Waals surface area contributed by atoms with Crippen LogP contribution in [0, 0.1) is 0 Å². The Kier molecular flexibility index (Phi) is 4.17. The van der Waals surface area contributed by atoms with Gasteiger partial charge in [0.2, 0.25) is 0 Å². The first-order valence-corrected chi connectivity index (χ1v) is 7.37. The first kappa shape index (κ1) is 14.0. The van der Waals surface area contributed by atoms with Crippen LogP contribution >= 0.6 is 7.60 Å². The van der Waals surface area contributed by atoms with Gasteiger partial charge >= 0.3 is 7.60 Å². The molecule has 0 radical (unpaired) electrons. The minimum absolute atomic E-state index is 0.0131. The molecule has 0 bridgehead atoms. The molecule has 0 aliphatic rings. The van der Waals surface area contributed by atoms with Crippen LogP contribution in [0.5, 0.6) is 0 Å². The van der Waals surface area contributed by atoms with Crippen molar-refractivity contribution in [1.29, 1.82) is 0 Å². The third-order valence-electron chi connectivity index (χ3n) is 2.87. The van der Waals surface area contributed by atoms with Crippen molar-refractivity contribution < 1.29 is 19.1 Å². The van der Waals surface area contributed by atoms with Crippen molar-refractivity contribution in [2.75, 3.05) is 7.11 Å². The summed E-state index contributed by atoms with van der Waals surface area (Å²) < 4.78 is 16.6. The standard InChI is InChI=1S/C14H15O4P/c1-18-14(11-5-3-2-4-6-11)12-7-9-13(10-8-12)19(15,16)17/h2-10,14H,1H3,(H2,15,16,17). The zero-order valence-electron chi connectivity index (χ0n) is 10.4. The molecule has 1 atom stereocenters. The maximum absolute atomic E-state index is 11.1. The van der Waals surface area contributed by atoms with E-state index in [9.17, 15) is 4.57 Å². The van der Waals surface area contributed by atoms with Gasteiger partial charge in [-0.25, -0.2) is 0 Å². The van der Waals surface area contributed by atoms with E-state index in [1.807, 2.05) is 30.3 Å². The van der Waals surface area contributed by atoms with Crippen LogP contribution < -0.4 is 5.30 Å². The molecule has 5 heteroatoms. The van der Waals surface area contributed by atoms with Crippen LogP contribution in [0.3, 0.4) is 0 Å². The van der Waals surface area contributed by atoms with E-state index >= 15 is 0 Å². The maximum atomic E-state index is 11.1. The Morgan fingerprint density at radius 2 is 1.47 bits per heavy atom. The maximum Gasteiger partial charge on any atom is 0.356 e. The molecule has 100 valence electrons. The zero-order chi connectivity index (χ0) is 13.9. The molecule has 0 aromatic heterocycles. The molecule has 0 fully saturated rings. The van der Waals surface area contributed by atoms with E-state index in [-0.39, 0.29) is 11.4 Å². The Balaban J connectivity index is 2.33. The fourth-order valence-electron chi connectivity index (χ4n) is 1.94. The van der Waals surface area contributed by atoms with Gasteiger partial charge in [0.25, 0.3) is 0 Å². The summed E-state index contributed by atoms with van der Waals surface area (Å²) in [6.45, 7) is 0. The molecular weight excluding hydrogens is 263 g/mol. The summed E-state index contributed by atoms with van der Waals surface area (Å²) in [5.74, 6) is 0. The van der Waals surface area contributed by atoms with E-state index in [1.165, 1.54) is 12.1 Å². The lowest BCUT2D eigenvalue weighted by molar-refractivity contribution is 0.136. The van der Waals surface area contributed by atoms with Gasteiger partial charge in [-0.05, 0) is 23.3 Å². The second kappa shape index (κ2) is 5.68. The van der Waals surface area contributed by atoms with Crippen molar-refractivity contribution in [2.24, 2.45) is 0 Å². The predicted molar refractivity (Wildman–Crippen MR) is 73.4 cm³/mol. The SMILES string of the molecule is COC(c1ccccc1)c1ccc(P(=O)(O)O)cc1. The normalized spacial score (nSPS) is 13.2. The van der Waals surface area contributed by atoms with Crippen molar-refractivity contribution in [1.82, 2.24) is 0 Å². The number of hydrogen-bond acceptors (Lipinski definition) is 2. The largest absolute Gasteiger partial charge is 0.372 e. The third-order valence-corrected chi connectivity index (χ3v) is 3.84. The number of rotatable bonds is 4. The topological polar surface area (TPSA) is 66.8 Å². The number of hydrogen-bond donors (Lipinski definition) is 2. The van der Waals surface area contributed by atoms with E-state index < -0.39 is 7.60 Å². The lowest BCUT2D eigenvalue weighted by Crippen LogP contribution is -2.07. The lowest BCUT2D eigenvalue weighted by atomic mass is 10.0. The van der Waals surface area contributed by atoms with E-state index in [4.69, 9.17) is 14.5 Å². The van der Waals surface area contributed by atoms with Gasteiger partial charge in [-0.3, -0.25) is 4.57 Å². The predicted octanol–water partition coefficient (Wildman–Crippen LogP) is 2.23. The lowest BCUT2D eigenvalue weighted by Gasteiger charge is -2.16. The summed E-state index contributed by atoms with van der Waals surface area (Å²) in [5, 5.41) is 0.0131. The average molecular weight is 278 g/mol. The first-order chi connectivity index (χ1) is 9.02. The Hall–Kier alpha value is -1.45. The highest BCUT2D eigenvalue weighted by Crippen LogP contribution is 2.34. The van der Waals surface area contributed by atoms with Crippen LogP contribution in [-0.4, -0.2) is 16.9 Å². The highest BCUT2D eigenvalue weighted by Gasteiger charge is 2.18. The fourth-order valence-corrected chi connectivity index (χ4v) is 2.47. The van der Waals surface area contributed by atoms with Gasteiger partial charge in [-0.2, -0.15) is 0 Å².